The molecule has 0 radical (unpaired) electrons. The van der Waals surface area contributed by atoms with Crippen LogP contribution < -0.4 is 15.8 Å². The fourth-order valence-corrected chi connectivity index (χ4v) is 3.99. The summed E-state index contributed by atoms with van der Waals surface area (Å²) in [5.74, 6) is -0.0676. The standard InChI is InChI=1S/C21H23N3O2S/c1-3-24(4-2)21-23-20(26)17-14-16(11-12-18(17)27-21)22-19(25)13-10-15-8-6-5-7-9-15/h5-9,11-12,14H,3-4,10,13H2,1-2H3,(H,22,25). The number of hydrogen-bond acceptors (Lipinski definition) is 5. The Morgan fingerprint density at radius 2 is 1.85 bits per heavy atom. The lowest BCUT2D eigenvalue weighted by Gasteiger charge is -2.18. The summed E-state index contributed by atoms with van der Waals surface area (Å²) in [5.41, 5.74) is 1.50. The molecule has 2 aromatic carbocycles. The number of anilines is 2. The number of fused-ring (bicyclic) bond motifs is 1. The van der Waals surface area contributed by atoms with Crippen molar-refractivity contribution in [1.82, 2.24) is 4.98 Å². The van der Waals surface area contributed by atoms with E-state index in [2.05, 4.69) is 15.2 Å². The van der Waals surface area contributed by atoms with Crippen molar-refractivity contribution in [3.63, 3.8) is 0 Å². The lowest BCUT2D eigenvalue weighted by atomic mass is 10.1. The summed E-state index contributed by atoms with van der Waals surface area (Å²) in [6.45, 7) is 5.70. The maximum Gasteiger partial charge on any atom is 0.281 e. The van der Waals surface area contributed by atoms with Gasteiger partial charge in [0.2, 0.25) is 5.91 Å². The Hall–Kier alpha value is -2.73. The molecule has 0 bridgehead atoms. The van der Waals surface area contributed by atoms with Gasteiger partial charge in [0, 0.05) is 29.9 Å². The fourth-order valence-electron chi connectivity index (χ4n) is 2.89. The highest BCUT2D eigenvalue weighted by molar-refractivity contribution is 7.21. The number of rotatable bonds is 7. The van der Waals surface area contributed by atoms with Crippen molar-refractivity contribution in [3.8, 4) is 0 Å². The molecule has 0 spiro atoms. The number of carbonyl (C=O) groups excluding carboxylic acids is 1. The van der Waals surface area contributed by atoms with Gasteiger partial charge in [-0.3, -0.25) is 9.59 Å². The Morgan fingerprint density at radius 1 is 1.11 bits per heavy atom. The molecule has 0 aliphatic rings. The molecule has 0 saturated heterocycles. The Kier molecular flexibility index (Phi) is 6.19. The van der Waals surface area contributed by atoms with Crippen molar-refractivity contribution < 1.29 is 4.79 Å². The van der Waals surface area contributed by atoms with Gasteiger partial charge in [-0.25, -0.2) is 0 Å². The van der Waals surface area contributed by atoms with Crippen molar-refractivity contribution in [3.05, 3.63) is 64.4 Å². The summed E-state index contributed by atoms with van der Waals surface area (Å²) in [5, 5.41) is 4.15. The van der Waals surface area contributed by atoms with Crippen LogP contribution in [0.3, 0.4) is 0 Å². The Labute approximate surface area is 162 Å². The molecule has 3 aromatic rings. The summed E-state index contributed by atoms with van der Waals surface area (Å²) < 4.78 is 0.874. The molecule has 140 valence electrons. The quantitative estimate of drug-likeness (QED) is 0.670. The van der Waals surface area contributed by atoms with E-state index in [4.69, 9.17) is 0 Å². The SMILES string of the molecule is CCN(CC)c1nc(=O)c2cc(NC(=O)CCc3ccccc3)ccc2s1. The van der Waals surface area contributed by atoms with Crippen LogP contribution >= 0.6 is 11.3 Å². The van der Waals surface area contributed by atoms with Gasteiger partial charge in [0.05, 0.1) is 5.39 Å². The van der Waals surface area contributed by atoms with Gasteiger partial charge in [0.1, 0.15) is 0 Å². The number of carbonyl (C=O) groups is 1. The topological polar surface area (TPSA) is 62.3 Å². The second-order valence-corrected chi connectivity index (χ2v) is 7.23. The number of nitrogens with one attached hydrogen (secondary N) is 1. The third kappa shape index (κ3) is 4.71. The van der Waals surface area contributed by atoms with Crippen molar-refractivity contribution in [2.45, 2.75) is 26.7 Å². The van der Waals surface area contributed by atoms with Gasteiger partial charge in [0.25, 0.3) is 5.56 Å². The summed E-state index contributed by atoms with van der Waals surface area (Å²) in [7, 11) is 0. The number of nitrogens with zero attached hydrogens (tertiary/aromatic N) is 2. The summed E-state index contributed by atoms with van der Waals surface area (Å²) in [6, 6.07) is 15.3. The number of amides is 1. The molecule has 1 amide bonds. The van der Waals surface area contributed by atoms with Crippen LogP contribution in [0, 0.1) is 0 Å². The van der Waals surface area contributed by atoms with Gasteiger partial charge in [-0.1, -0.05) is 41.7 Å². The first-order chi connectivity index (χ1) is 13.1. The Bertz CT molecular complexity index is 982. The van der Waals surface area contributed by atoms with E-state index in [1.165, 1.54) is 11.3 Å². The maximum absolute atomic E-state index is 12.4. The van der Waals surface area contributed by atoms with Crippen LogP contribution in [0.4, 0.5) is 10.8 Å². The molecule has 1 N–H and O–H groups in total. The van der Waals surface area contributed by atoms with Gasteiger partial charge in [-0.15, -0.1) is 0 Å². The second kappa shape index (κ2) is 8.77. The second-order valence-electron chi connectivity index (χ2n) is 6.22. The van der Waals surface area contributed by atoms with Crippen molar-refractivity contribution in [1.29, 1.82) is 0 Å². The van der Waals surface area contributed by atoms with Crippen LogP contribution in [-0.2, 0) is 11.2 Å². The van der Waals surface area contributed by atoms with E-state index in [0.29, 0.717) is 23.9 Å². The summed E-state index contributed by atoms with van der Waals surface area (Å²) in [6.07, 6.45) is 1.08. The van der Waals surface area contributed by atoms with E-state index in [0.717, 1.165) is 28.5 Å². The van der Waals surface area contributed by atoms with Crippen molar-refractivity contribution in [2.24, 2.45) is 0 Å². The molecule has 3 rings (SSSR count). The molecule has 27 heavy (non-hydrogen) atoms. The predicted molar refractivity (Wildman–Crippen MR) is 113 cm³/mol. The average Bonchev–Trinajstić information content (AvgIpc) is 2.69. The first-order valence-corrected chi connectivity index (χ1v) is 9.96. The first kappa shape index (κ1) is 19.0. The predicted octanol–water partition coefficient (Wildman–Crippen LogP) is 4.07. The summed E-state index contributed by atoms with van der Waals surface area (Å²) in [4.78, 5) is 30.9. The van der Waals surface area contributed by atoms with Crippen LogP contribution in [0.5, 0.6) is 0 Å². The Morgan fingerprint density at radius 3 is 2.56 bits per heavy atom. The fraction of sp³-hybridized carbons (Fsp3) is 0.286. The maximum atomic E-state index is 12.4. The van der Waals surface area contributed by atoms with E-state index in [1.54, 1.807) is 6.07 Å². The molecule has 0 saturated carbocycles. The zero-order valence-electron chi connectivity index (χ0n) is 15.6. The number of aryl methyl sites for hydroxylation is 1. The molecule has 6 heteroatoms. The van der Waals surface area contributed by atoms with Gasteiger partial charge in [-0.05, 0) is 44.0 Å². The van der Waals surface area contributed by atoms with E-state index in [-0.39, 0.29) is 11.5 Å². The number of benzene rings is 2. The van der Waals surface area contributed by atoms with E-state index in [9.17, 15) is 9.59 Å². The van der Waals surface area contributed by atoms with E-state index in [1.807, 2.05) is 56.3 Å². The molecule has 0 atom stereocenters. The molecule has 1 heterocycles. The Balaban J connectivity index is 1.74. The minimum Gasteiger partial charge on any atom is -0.349 e. The highest BCUT2D eigenvalue weighted by atomic mass is 32.1. The molecule has 5 nitrogen and oxygen atoms in total. The van der Waals surface area contributed by atoms with Crippen LogP contribution in [0.2, 0.25) is 0 Å². The smallest absolute Gasteiger partial charge is 0.281 e. The van der Waals surface area contributed by atoms with Gasteiger partial charge < -0.3 is 10.2 Å². The molecule has 0 unspecified atom stereocenters. The minimum atomic E-state index is -0.258. The van der Waals surface area contributed by atoms with Gasteiger partial charge >= 0.3 is 0 Å². The van der Waals surface area contributed by atoms with Gasteiger partial charge in [0.15, 0.2) is 5.13 Å². The largest absolute Gasteiger partial charge is 0.349 e. The lowest BCUT2D eigenvalue weighted by molar-refractivity contribution is -0.116. The number of hydrogen-bond donors (Lipinski definition) is 1. The van der Waals surface area contributed by atoms with E-state index < -0.39 is 0 Å². The third-order valence-corrected chi connectivity index (χ3v) is 5.52. The number of aromatic nitrogens is 1. The zero-order valence-corrected chi connectivity index (χ0v) is 16.4. The minimum absolute atomic E-state index is 0.0676. The molecule has 0 aliphatic carbocycles. The zero-order chi connectivity index (χ0) is 19.2. The average molecular weight is 382 g/mol. The molecule has 1 aromatic heterocycles. The summed E-state index contributed by atoms with van der Waals surface area (Å²) >= 11 is 1.50. The van der Waals surface area contributed by atoms with Crippen LogP contribution in [0.25, 0.3) is 10.1 Å². The van der Waals surface area contributed by atoms with Crippen molar-refractivity contribution in [2.75, 3.05) is 23.3 Å². The van der Waals surface area contributed by atoms with Crippen LogP contribution in [0.15, 0.2) is 53.3 Å². The van der Waals surface area contributed by atoms with E-state index >= 15 is 0 Å². The normalized spacial score (nSPS) is 10.7. The van der Waals surface area contributed by atoms with Crippen LogP contribution in [0.1, 0.15) is 25.8 Å². The highest BCUT2D eigenvalue weighted by Gasteiger charge is 2.11. The molecular weight excluding hydrogens is 358 g/mol. The monoisotopic (exact) mass is 381 g/mol. The third-order valence-electron chi connectivity index (χ3n) is 4.41. The first-order valence-electron chi connectivity index (χ1n) is 9.14. The van der Waals surface area contributed by atoms with Crippen molar-refractivity contribution >= 4 is 38.1 Å². The molecule has 0 fully saturated rings. The van der Waals surface area contributed by atoms with Crippen LogP contribution in [-0.4, -0.2) is 24.0 Å². The molecule has 0 aliphatic heterocycles. The molecular formula is C21H23N3O2S. The highest BCUT2D eigenvalue weighted by Crippen LogP contribution is 2.26. The lowest BCUT2D eigenvalue weighted by Crippen LogP contribution is -2.24. The van der Waals surface area contributed by atoms with Gasteiger partial charge in [-0.2, -0.15) is 4.98 Å².